The summed E-state index contributed by atoms with van der Waals surface area (Å²) in [5.74, 6) is 0.162. The Balaban J connectivity index is 1.37. The van der Waals surface area contributed by atoms with Crippen LogP contribution in [0.1, 0.15) is 18.4 Å². The number of hydrogen-bond acceptors (Lipinski definition) is 5. The van der Waals surface area contributed by atoms with Crippen LogP contribution in [0.25, 0.3) is 0 Å². The molecule has 1 saturated heterocycles. The van der Waals surface area contributed by atoms with Crippen molar-refractivity contribution in [2.24, 2.45) is 5.92 Å². The molecule has 1 aliphatic carbocycles. The monoisotopic (exact) mass is 343 g/mol. The fraction of sp³-hybridized carbons (Fsp3) is 0.474. The minimum Gasteiger partial charge on any atom is -0.463 e. The van der Waals surface area contributed by atoms with Gasteiger partial charge in [0.05, 0.1) is 19.3 Å². The average Bonchev–Trinajstić information content (AvgIpc) is 3.07. The third kappa shape index (κ3) is 3.80. The van der Waals surface area contributed by atoms with E-state index in [4.69, 9.17) is 9.47 Å². The molecule has 1 aliphatic heterocycles. The molecule has 0 amide bonds. The molecule has 132 valence electrons. The summed E-state index contributed by atoms with van der Waals surface area (Å²) in [5.41, 5.74) is 1.14. The van der Waals surface area contributed by atoms with Crippen molar-refractivity contribution in [2.45, 2.75) is 31.5 Å². The average molecular weight is 343 g/mol. The summed E-state index contributed by atoms with van der Waals surface area (Å²) in [6, 6.07) is 9.37. The van der Waals surface area contributed by atoms with Crippen molar-refractivity contribution in [3.8, 4) is 6.01 Å². The zero-order valence-electron chi connectivity index (χ0n) is 14.1. The van der Waals surface area contributed by atoms with Crippen molar-refractivity contribution in [3.63, 3.8) is 0 Å². The van der Waals surface area contributed by atoms with Gasteiger partial charge in [0.25, 0.3) is 0 Å². The fourth-order valence-corrected chi connectivity index (χ4v) is 3.88. The van der Waals surface area contributed by atoms with Crippen LogP contribution in [0.2, 0.25) is 0 Å². The van der Waals surface area contributed by atoms with E-state index in [9.17, 15) is 4.39 Å². The Kier molecular flexibility index (Phi) is 4.90. The first-order valence-corrected chi connectivity index (χ1v) is 8.79. The molecule has 1 saturated carbocycles. The normalized spacial score (nSPS) is 26.4. The summed E-state index contributed by atoms with van der Waals surface area (Å²) in [6.45, 7) is 3.05. The Hall–Kier alpha value is -2.05. The van der Waals surface area contributed by atoms with Gasteiger partial charge in [-0.05, 0) is 36.6 Å². The van der Waals surface area contributed by atoms with E-state index < -0.39 is 0 Å². The van der Waals surface area contributed by atoms with Crippen molar-refractivity contribution < 1.29 is 13.9 Å². The smallest absolute Gasteiger partial charge is 0.316 e. The number of rotatable bonds is 5. The van der Waals surface area contributed by atoms with E-state index in [1.807, 2.05) is 12.1 Å². The van der Waals surface area contributed by atoms with Gasteiger partial charge in [-0.3, -0.25) is 4.90 Å². The largest absolute Gasteiger partial charge is 0.463 e. The van der Waals surface area contributed by atoms with Gasteiger partial charge in [-0.2, -0.15) is 0 Å². The van der Waals surface area contributed by atoms with Crippen LogP contribution in [-0.2, 0) is 11.3 Å². The maximum absolute atomic E-state index is 13.1. The Labute approximate surface area is 146 Å². The molecule has 5 nitrogen and oxygen atoms in total. The first-order chi connectivity index (χ1) is 12.3. The molecule has 0 unspecified atom stereocenters. The van der Waals surface area contributed by atoms with E-state index in [0.29, 0.717) is 24.6 Å². The molecule has 1 aromatic heterocycles. The number of fused-ring (bicyclic) bond motifs is 1. The van der Waals surface area contributed by atoms with Crippen LogP contribution in [0.15, 0.2) is 42.7 Å². The summed E-state index contributed by atoms with van der Waals surface area (Å²) in [6.07, 6.45) is 5.71. The Morgan fingerprint density at radius 2 is 1.96 bits per heavy atom. The number of hydrogen-bond donors (Lipinski definition) is 0. The standard InChI is InChI=1S/C19H22FN3O2/c20-16-5-2-14(3-6-16)12-23-10-11-24-18-15(4-7-17(18)23)13-25-19-21-8-1-9-22-19/h1-3,5-6,8-9,15,17-18H,4,7,10-13H2/t15-,17-,18-/m1/s1. The molecule has 25 heavy (non-hydrogen) atoms. The van der Waals surface area contributed by atoms with Gasteiger partial charge in [0.15, 0.2) is 0 Å². The number of benzene rings is 1. The van der Waals surface area contributed by atoms with Crippen LogP contribution in [0, 0.1) is 11.7 Å². The SMILES string of the molecule is Fc1ccc(CN2CCO[C@@H]3[C@@H](COc4ncccn4)CC[C@H]32)cc1. The van der Waals surface area contributed by atoms with Gasteiger partial charge in [0.2, 0.25) is 0 Å². The third-order valence-corrected chi connectivity index (χ3v) is 5.10. The van der Waals surface area contributed by atoms with Crippen LogP contribution in [0.5, 0.6) is 6.01 Å². The van der Waals surface area contributed by atoms with E-state index in [0.717, 1.165) is 38.1 Å². The van der Waals surface area contributed by atoms with Crippen LogP contribution >= 0.6 is 0 Å². The molecule has 2 aromatic rings. The van der Waals surface area contributed by atoms with E-state index >= 15 is 0 Å². The number of halogens is 1. The Morgan fingerprint density at radius 1 is 1.16 bits per heavy atom. The lowest BCUT2D eigenvalue weighted by molar-refractivity contribution is -0.0819. The van der Waals surface area contributed by atoms with Crippen molar-refractivity contribution in [2.75, 3.05) is 19.8 Å². The lowest BCUT2D eigenvalue weighted by Gasteiger charge is -2.39. The minimum atomic E-state index is -0.190. The zero-order valence-corrected chi connectivity index (χ0v) is 14.1. The predicted octanol–water partition coefficient (Wildman–Crippen LogP) is 2.67. The summed E-state index contributed by atoms with van der Waals surface area (Å²) in [7, 11) is 0. The number of nitrogens with zero attached hydrogens (tertiary/aromatic N) is 3. The van der Waals surface area contributed by atoms with Crippen molar-refractivity contribution >= 4 is 0 Å². The molecular formula is C19H22FN3O2. The topological polar surface area (TPSA) is 47.5 Å². The molecule has 2 heterocycles. The van der Waals surface area contributed by atoms with Gasteiger partial charge in [0.1, 0.15) is 5.82 Å². The molecule has 6 heteroatoms. The molecule has 0 radical (unpaired) electrons. The number of aromatic nitrogens is 2. The molecule has 0 N–H and O–H groups in total. The second-order valence-corrected chi connectivity index (χ2v) is 6.68. The number of morpholine rings is 1. The second-order valence-electron chi connectivity index (χ2n) is 6.68. The summed E-state index contributed by atoms with van der Waals surface area (Å²) in [5, 5.41) is 0. The van der Waals surface area contributed by atoms with Gasteiger partial charge in [-0.15, -0.1) is 0 Å². The van der Waals surface area contributed by atoms with E-state index in [2.05, 4.69) is 14.9 Å². The lowest BCUT2D eigenvalue weighted by Crippen LogP contribution is -2.50. The van der Waals surface area contributed by atoms with Crippen LogP contribution in [-0.4, -0.2) is 46.8 Å². The highest BCUT2D eigenvalue weighted by atomic mass is 19.1. The molecule has 0 spiro atoms. The van der Waals surface area contributed by atoms with Gasteiger partial charge >= 0.3 is 6.01 Å². The third-order valence-electron chi connectivity index (χ3n) is 5.10. The Bertz CT molecular complexity index is 683. The highest BCUT2D eigenvalue weighted by Crippen LogP contribution is 2.35. The van der Waals surface area contributed by atoms with Crippen molar-refractivity contribution in [3.05, 3.63) is 54.1 Å². The quantitative estimate of drug-likeness (QED) is 0.835. The molecule has 3 atom stereocenters. The molecule has 1 aromatic carbocycles. The van der Waals surface area contributed by atoms with Gasteiger partial charge in [-0.1, -0.05) is 12.1 Å². The first kappa shape index (κ1) is 16.4. The highest BCUT2D eigenvalue weighted by Gasteiger charge is 2.42. The maximum atomic E-state index is 13.1. The first-order valence-electron chi connectivity index (χ1n) is 8.79. The summed E-state index contributed by atoms with van der Waals surface area (Å²) in [4.78, 5) is 10.7. The molecule has 2 fully saturated rings. The molecule has 0 bridgehead atoms. The van der Waals surface area contributed by atoms with Gasteiger partial charge in [0, 0.05) is 37.4 Å². The van der Waals surface area contributed by atoms with E-state index in [1.165, 1.54) is 12.1 Å². The zero-order chi connectivity index (χ0) is 17.1. The fourth-order valence-electron chi connectivity index (χ4n) is 3.88. The van der Waals surface area contributed by atoms with Crippen molar-refractivity contribution in [1.82, 2.24) is 14.9 Å². The van der Waals surface area contributed by atoms with Crippen LogP contribution in [0.3, 0.4) is 0 Å². The van der Waals surface area contributed by atoms with E-state index in [1.54, 1.807) is 18.5 Å². The van der Waals surface area contributed by atoms with Gasteiger partial charge < -0.3 is 9.47 Å². The molecule has 2 aliphatic rings. The maximum Gasteiger partial charge on any atom is 0.316 e. The van der Waals surface area contributed by atoms with Gasteiger partial charge in [-0.25, -0.2) is 14.4 Å². The van der Waals surface area contributed by atoms with E-state index in [-0.39, 0.29) is 11.9 Å². The Morgan fingerprint density at radius 3 is 2.76 bits per heavy atom. The lowest BCUT2D eigenvalue weighted by atomic mass is 10.0. The molecular weight excluding hydrogens is 321 g/mol. The van der Waals surface area contributed by atoms with Crippen LogP contribution < -0.4 is 4.74 Å². The second kappa shape index (κ2) is 7.45. The minimum absolute atomic E-state index is 0.179. The number of ether oxygens (including phenoxy) is 2. The summed E-state index contributed by atoms with van der Waals surface area (Å²) >= 11 is 0. The summed E-state index contributed by atoms with van der Waals surface area (Å²) < 4.78 is 24.9. The van der Waals surface area contributed by atoms with Crippen LogP contribution in [0.4, 0.5) is 4.39 Å². The molecule has 4 rings (SSSR count). The highest BCUT2D eigenvalue weighted by molar-refractivity contribution is 5.16. The van der Waals surface area contributed by atoms with Crippen molar-refractivity contribution in [1.29, 1.82) is 0 Å². The predicted molar refractivity (Wildman–Crippen MR) is 90.6 cm³/mol.